The highest BCUT2D eigenvalue weighted by Gasteiger charge is 1.66. The maximum absolute atomic E-state index is 3.74. The molecule has 0 spiro atoms. The topological polar surface area (TPSA) is 24.4 Å². The van der Waals surface area contributed by atoms with E-state index in [4.69, 9.17) is 0 Å². The summed E-state index contributed by atoms with van der Waals surface area (Å²) in [5.41, 5.74) is 0. The zero-order chi connectivity index (χ0) is 6.24. The van der Waals surface area contributed by atoms with Crippen LogP contribution in [0.2, 0.25) is 0 Å². The molecular formula is C6H12N2. The van der Waals surface area contributed by atoms with E-state index in [0.29, 0.717) is 0 Å². The average Bonchev–Trinajstić information content (AvgIpc) is 1.81. The average molecular weight is 112 g/mol. The van der Waals surface area contributed by atoms with Gasteiger partial charge in [0.25, 0.3) is 0 Å². The van der Waals surface area contributed by atoms with Gasteiger partial charge in [0.05, 0.1) is 6.34 Å². The standard InChI is InChI=1S/C6H12N2/c1-3-4-5-8-6-7-2/h3-4,6H,5H2,1-2H3,(H,7,8)/b4-3-. The molecule has 0 aromatic carbocycles. The lowest BCUT2D eigenvalue weighted by molar-refractivity contribution is 1.06. The minimum atomic E-state index is 0.869. The van der Waals surface area contributed by atoms with E-state index in [9.17, 15) is 0 Å². The van der Waals surface area contributed by atoms with Gasteiger partial charge < -0.3 is 5.32 Å². The third-order valence-electron chi connectivity index (χ3n) is 0.692. The molecule has 0 atom stereocenters. The molecule has 0 aromatic heterocycles. The predicted molar refractivity (Wildman–Crippen MR) is 37.2 cm³/mol. The van der Waals surface area contributed by atoms with Crippen LogP contribution in [0.4, 0.5) is 0 Å². The molecular weight excluding hydrogens is 100 g/mol. The third-order valence-corrected chi connectivity index (χ3v) is 0.692. The fourth-order valence-corrected chi connectivity index (χ4v) is 0.330. The molecule has 1 N–H and O–H groups in total. The van der Waals surface area contributed by atoms with Crippen molar-refractivity contribution in [3.8, 4) is 0 Å². The molecule has 0 bridgehead atoms. The Morgan fingerprint density at radius 2 is 2.38 bits per heavy atom. The van der Waals surface area contributed by atoms with Crippen molar-refractivity contribution in [3.05, 3.63) is 12.2 Å². The molecule has 2 heteroatoms. The van der Waals surface area contributed by atoms with Crippen molar-refractivity contribution in [2.24, 2.45) is 4.99 Å². The van der Waals surface area contributed by atoms with Gasteiger partial charge in [0.15, 0.2) is 0 Å². The summed E-state index contributed by atoms with van der Waals surface area (Å²) in [5.74, 6) is 0. The molecule has 0 saturated carbocycles. The van der Waals surface area contributed by atoms with Crippen LogP contribution in [-0.4, -0.2) is 19.9 Å². The lowest BCUT2D eigenvalue weighted by Crippen LogP contribution is -2.09. The zero-order valence-electron chi connectivity index (χ0n) is 5.39. The van der Waals surface area contributed by atoms with Crippen LogP contribution < -0.4 is 5.32 Å². The zero-order valence-corrected chi connectivity index (χ0v) is 5.39. The van der Waals surface area contributed by atoms with Crippen LogP contribution >= 0.6 is 0 Å². The second-order valence-electron chi connectivity index (χ2n) is 1.36. The predicted octanol–water partition coefficient (Wildman–Crippen LogP) is 0.810. The van der Waals surface area contributed by atoms with Crippen LogP contribution in [0.1, 0.15) is 6.92 Å². The number of hydrogen-bond acceptors (Lipinski definition) is 1. The Morgan fingerprint density at radius 1 is 1.62 bits per heavy atom. The van der Waals surface area contributed by atoms with Gasteiger partial charge >= 0.3 is 0 Å². The molecule has 2 nitrogen and oxygen atoms in total. The molecule has 8 heavy (non-hydrogen) atoms. The molecule has 0 fully saturated rings. The summed E-state index contributed by atoms with van der Waals surface area (Å²) in [4.78, 5) is 3.74. The van der Waals surface area contributed by atoms with Gasteiger partial charge in [-0.05, 0) is 6.92 Å². The van der Waals surface area contributed by atoms with Crippen molar-refractivity contribution in [1.82, 2.24) is 5.32 Å². The van der Waals surface area contributed by atoms with E-state index >= 15 is 0 Å². The molecule has 0 rings (SSSR count). The van der Waals surface area contributed by atoms with Crippen LogP contribution in [-0.2, 0) is 0 Å². The van der Waals surface area contributed by atoms with Gasteiger partial charge in [0, 0.05) is 13.6 Å². The van der Waals surface area contributed by atoms with Gasteiger partial charge in [-0.25, -0.2) is 0 Å². The number of rotatable bonds is 3. The van der Waals surface area contributed by atoms with Crippen molar-refractivity contribution in [1.29, 1.82) is 0 Å². The maximum atomic E-state index is 3.74. The van der Waals surface area contributed by atoms with Gasteiger partial charge in [0.2, 0.25) is 0 Å². The Bertz CT molecular complexity index is 72.5. The van der Waals surface area contributed by atoms with Crippen LogP contribution in [0, 0.1) is 0 Å². The highest BCUT2D eigenvalue weighted by Crippen LogP contribution is 1.63. The molecule has 0 unspecified atom stereocenters. The largest absolute Gasteiger partial charge is 0.373 e. The molecule has 0 aliphatic carbocycles. The number of aliphatic imine (C=N–C) groups is 1. The fourth-order valence-electron chi connectivity index (χ4n) is 0.330. The van der Waals surface area contributed by atoms with E-state index in [0.717, 1.165) is 6.54 Å². The van der Waals surface area contributed by atoms with E-state index in [1.54, 1.807) is 13.4 Å². The molecule has 0 amide bonds. The normalized spacial score (nSPS) is 11.2. The van der Waals surface area contributed by atoms with Crippen LogP contribution in [0.25, 0.3) is 0 Å². The summed E-state index contributed by atoms with van der Waals surface area (Å²) in [6.07, 6.45) is 5.71. The van der Waals surface area contributed by atoms with Gasteiger partial charge in [-0.3, -0.25) is 4.99 Å². The molecule has 0 aliphatic heterocycles. The first kappa shape index (κ1) is 7.21. The lowest BCUT2D eigenvalue weighted by Gasteiger charge is -1.88. The Hall–Kier alpha value is -0.790. The van der Waals surface area contributed by atoms with Gasteiger partial charge in [0.1, 0.15) is 0 Å². The molecule has 0 radical (unpaired) electrons. The van der Waals surface area contributed by atoms with Crippen molar-refractivity contribution in [2.45, 2.75) is 6.92 Å². The van der Waals surface area contributed by atoms with E-state index in [-0.39, 0.29) is 0 Å². The van der Waals surface area contributed by atoms with E-state index in [2.05, 4.69) is 10.3 Å². The van der Waals surface area contributed by atoms with E-state index in [1.807, 2.05) is 19.1 Å². The van der Waals surface area contributed by atoms with Crippen LogP contribution in [0.5, 0.6) is 0 Å². The van der Waals surface area contributed by atoms with Crippen molar-refractivity contribution < 1.29 is 0 Å². The van der Waals surface area contributed by atoms with Crippen LogP contribution in [0.3, 0.4) is 0 Å². The van der Waals surface area contributed by atoms with Crippen molar-refractivity contribution in [2.75, 3.05) is 13.6 Å². The van der Waals surface area contributed by atoms with E-state index < -0.39 is 0 Å². The molecule has 0 aromatic rings. The van der Waals surface area contributed by atoms with Crippen LogP contribution in [0.15, 0.2) is 17.1 Å². The minimum absolute atomic E-state index is 0.869. The summed E-state index contributed by atoms with van der Waals surface area (Å²) >= 11 is 0. The highest BCUT2D eigenvalue weighted by atomic mass is 14.9. The Morgan fingerprint density at radius 3 is 2.88 bits per heavy atom. The second kappa shape index (κ2) is 6.21. The quantitative estimate of drug-likeness (QED) is 0.248. The van der Waals surface area contributed by atoms with Gasteiger partial charge in [-0.2, -0.15) is 0 Å². The summed E-state index contributed by atoms with van der Waals surface area (Å²) in [6, 6.07) is 0. The number of nitrogens with zero attached hydrogens (tertiary/aromatic N) is 1. The maximum Gasteiger partial charge on any atom is 0.0822 e. The number of hydrogen-bond donors (Lipinski definition) is 1. The van der Waals surface area contributed by atoms with Crippen molar-refractivity contribution in [3.63, 3.8) is 0 Å². The molecule has 46 valence electrons. The summed E-state index contributed by atoms with van der Waals surface area (Å²) in [7, 11) is 1.74. The number of allylic oxidation sites excluding steroid dienone is 1. The summed E-state index contributed by atoms with van der Waals surface area (Å²) < 4.78 is 0. The molecule has 0 heterocycles. The first-order valence-electron chi connectivity index (χ1n) is 2.67. The molecule has 0 saturated heterocycles. The lowest BCUT2D eigenvalue weighted by atomic mass is 10.5. The Kier molecular flexibility index (Phi) is 5.60. The fraction of sp³-hybridized carbons (Fsp3) is 0.500. The monoisotopic (exact) mass is 112 g/mol. The summed E-state index contributed by atoms with van der Waals surface area (Å²) in [5, 5.41) is 2.96. The first-order valence-corrected chi connectivity index (χ1v) is 2.67. The van der Waals surface area contributed by atoms with E-state index in [1.165, 1.54) is 0 Å². The smallest absolute Gasteiger partial charge is 0.0822 e. The first-order chi connectivity index (χ1) is 3.91. The SMILES string of the molecule is C/C=C\CNC=NC. The highest BCUT2D eigenvalue weighted by molar-refractivity contribution is 5.53. The summed E-state index contributed by atoms with van der Waals surface area (Å²) in [6.45, 7) is 2.86. The minimum Gasteiger partial charge on any atom is -0.373 e. The van der Waals surface area contributed by atoms with Crippen molar-refractivity contribution >= 4 is 6.34 Å². The second-order valence-corrected chi connectivity index (χ2v) is 1.36. The van der Waals surface area contributed by atoms with Gasteiger partial charge in [-0.15, -0.1) is 0 Å². The van der Waals surface area contributed by atoms with Gasteiger partial charge in [-0.1, -0.05) is 12.2 Å². The third kappa shape index (κ3) is 5.21. The Labute approximate surface area is 50.3 Å². The molecule has 0 aliphatic rings. The number of nitrogens with one attached hydrogen (secondary N) is 1. The Balaban J connectivity index is 2.93.